The van der Waals surface area contributed by atoms with Crippen molar-refractivity contribution >= 4 is 11.6 Å². The van der Waals surface area contributed by atoms with Crippen molar-refractivity contribution in [2.24, 2.45) is 0 Å². The topological polar surface area (TPSA) is 50.8 Å². The van der Waals surface area contributed by atoms with Gasteiger partial charge in [-0.2, -0.15) is 0 Å². The van der Waals surface area contributed by atoms with Crippen LogP contribution in [0, 0.1) is 0 Å². The summed E-state index contributed by atoms with van der Waals surface area (Å²) in [7, 11) is 1.56. The summed E-state index contributed by atoms with van der Waals surface area (Å²) in [6.45, 7) is 7.76. The number of benzene rings is 1. The average molecular weight is 320 g/mol. The summed E-state index contributed by atoms with van der Waals surface area (Å²) in [5.41, 5.74) is -0.0520. The first-order valence-electron chi connectivity index (χ1n) is 8.39. The van der Waals surface area contributed by atoms with E-state index in [9.17, 15) is 4.79 Å². The van der Waals surface area contributed by atoms with Crippen molar-refractivity contribution in [1.82, 2.24) is 4.90 Å². The molecule has 1 aromatic carbocycles. The molecule has 2 rings (SSSR count). The lowest BCUT2D eigenvalue weighted by atomic mass is 10.0. The molecule has 1 aromatic rings. The van der Waals surface area contributed by atoms with Gasteiger partial charge < -0.3 is 14.8 Å². The highest BCUT2D eigenvalue weighted by molar-refractivity contribution is 5.97. The molecular weight excluding hydrogens is 292 g/mol. The SMILES string of the molecule is CC[C@](C)(OC)C(=O)Nc1ccc(OCCN2CCCC2)cc1. The summed E-state index contributed by atoms with van der Waals surface area (Å²) in [6.07, 6.45) is 3.21. The maximum Gasteiger partial charge on any atom is 0.256 e. The van der Waals surface area contributed by atoms with Crippen LogP contribution >= 0.6 is 0 Å². The fourth-order valence-corrected chi connectivity index (χ4v) is 2.59. The number of carbonyl (C=O) groups is 1. The number of likely N-dealkylation sites (tertiary alicyclic amines) is 1. The summed E-state index contributed by atoms with van der Waals surface area (Å²) in [5.74, 6) is 0.692. The maximum atomic E-state index is 12.2. The minimum atomic E-state index is -0.801. The highest BCUT2D eigenvalue weighted by Gasteiger charge is 2.30. The van der Waals surface area contributed by atoms with Gasteiger partial charge in [0.1, 0.15) is 18.0 Å². The summed E-state index contributed by atoms with van der Waals surface area (Å²) >= 11 is 0. The zero-order chi connectivity index (χ0) is 16.7. The van der Waals surface area contributed by atoms with Crippen LogP contribution in [0.4, 0.5) is 5.69 Å². The molecule has 1 heterocycles. The zero-order valence-corrected chi connectivity index (χ0v) is 14.4. The van der Waals surface area contributed by atoms with Gasteiger partial charge in [0.2, 0.25) is 0 Å². The van der Waals surface area contributed by atoms with Crippen molar-refractivity contribution in [2.75, 3.05) is 38.7 Å². The molecule has 5 nitrogen and oxygen atoms in total. The number of ether oxygens (including phenoxy) is 2. The zero-order valence-electron chi connectivity index (χ0n) is 14.4. The summed E-state index contributed by atoms with van der Waals surface area (Å²) in [5, 5.41) is 2.88. The molecule has 1 N–H and O–H groups in total. The van der Waals surface area contributed by atoms with E-state index < -0.39 is 5.60 Å². The van der Waals surface area contributed by atoms with Crippen LogP contribution in [0.2, 0.25) is 0 Å². The van der Waals surface area contributed by atoms with Crippen LogP contribution in [0.15, 0.2) is 24.3 Å². The van der Waals surface area contributed by atoms with E-state index in [1.54, 1.807) is 14.0 Å². The van der Waals surface area contributed by atoms with Gasteiger partial charge in [-0.3, -0.25) is 9.69 Å². The fraction of sp³-hybridized carbons (Fsp3) is 0.611. The van der Waals surface area contributed by atoms with Gasteiger partial charge in [-0.05, 0) is 63.5 Å². The lowest BCUT2D eigenvalue weighted by Gasteiger charge is -2.25. The predicted octanol–water partition coefficient (Wildman–Crippen LogP) is 2.91. The molecule has 0 bridgehead atoms. The fourth-order valence-electron chi connectivity index (χ4n) is 2.59. The molecule has 5 heteroatoms. The van der Waals surface area contributed by atoms with Crippen LogP contribution in [0.25, 0.3) is 0 Å². The van der Waals surface area contributed by atoms with Crippen molar-refractivity contribution in [3.05, 3.63) is 24.3 Å². The first-order chi connectivity index (χ1) is 11.1. The smallest absolute Gasteiger partial charge is 0.256 e. The number of nitrogens with zero attached hydrogens (tertiary/aromatic N) is 1. The molecule has 0 saturated carbocycles. The second-order valence-corrected chi connectivity index (χ2v) is 6.16. The molecule has 0 unspecified atom stereocenters. The van der Waals surface area contributed by atoms with Gasteiger partial charge in [0.25, 0.3) is 5.91 Å². The van der Waals surface area contributed by atoms with E-state index in [2.05, 4.69) is 10.2 Å². The third kappa shape index (κ3) is 4.94. The normalized spacial score (nSPS) is 17.7. The number of nitrogens with one attached hydrogen (secondary N) is 1. The van der Waals surface area contributed by atoms with E-state index in [0.717, 1.165) is 18.0 Å². The third-order valence-electron chi connectivity index (χ3n) is 4.59. The number of anilines is 1. The van der Waals surface area contributed by atoms with Crippen LogP contribution in [-0.2, 0) is 9.53 Å². The minimum Gasteiger partial charge on any atom is -0.492 e. The number of methoxy groups -OCH3 is 1. The van der Waals surface area contributed by atoms with Gasteiger partial charge in [-0.15, -0.1) is 0 Å². The minimum absolute atomic E-state index is 0.134. The highest BCUT2D eigenvalue weighted by atomic mass is 16.5. The summed E-state index contributed by atoms with van der Waals surface area (Å²) in [6, 6.07) is 7.48. The second kappa shape index (κ2) is 8.31. The molecule has 1 saturated heterocycles. The summed E-state index contributed by atoms with van der Waals surface area (Å²) < 4.78 is 11.1. The van der Waals surface area contributed by atoms with Gasteiger partial charge in [0.05, 0.1) is 0 Å². The van der Waals surface area contributed by atoms with Crippen LogP contribution in [-0.4, -0.2) is 49.8 Å². The Hall–Kier alpha value is -1.59. The van der Waals surface area contributed by atoms with Gasteiger partial charge in [0.15, 0.2) is 0 Å². The van der Waals surface area contributed by atoms with Gasteiger partial charge >= 0.3 is 0 Å². The Balaban J connectivity index is 1.80. The number of hydrogen-bond acceptors (Lipinski definition) is 4. The molecule has 0 spiro atoms. The van der Waals surface area contributed by atoms with Crippen molar-refractivity contribution in [1.29, 1.82) is 0 Å². The van der Waals surface area contributed by atoms with Gasteiger partial charge in [0, 0.05) is 19.3 Å². The van der Waals surface area contributed by atoms with E-state index in [-0.39, 0.29) is 5.91 Å². The van der Waals surface area contributed by atoms with Crippen molar-refractivity contribution in [3.63, 3.8) is 0 Å². The molecule has 128 valence electrons. The largest absolute Gasteiger partial charge is 0.492 e. The Morgan fingerprint density at radius 1 is 1.26 bits per heavy atom. The van der Waals surface area contributed by atoms with E-state index in [0.29, 0.717) is 13.0 Å². The maximum absolute atomic E-state index is 12.2. The molecule has 1 aliphatic rings. The van der Waals surface area contributed by atoms with E-state index >= 15 is 0 Å². The monoisotopic (exact) mass is 320 g/mol. The Labute approximate surface area is 139 Å². The van der Waals surface area contributed by atoms with Crippen molar-refractivity contribution in [3.8, 4) is 5.75 Å². The molecule has 1 atom stereocenters. The number of hydrogen-bond donors (Lipinski definition) is 1. The summed E-state index contributed by atoms with van der Waals surface area (Å²) in [4.78, 5) is 14.6. The Morgan fingerprint density at radius 2 is 1.91 bits per heavy atom. The van der Waals surface area contributed by atoms with Crippen molar-refractivity contribution in [2.45, 2.75) is 38.7 Å². The molecule has 1 aliphatic heterocycles. The van der Waals surface area contributed by atoms with Crippen LogP contribution in [0.5, 0.6) is 5.75 Å². The Morgan fingerprint density at radius 3 is 2.48 bits per heavy atom. The van der Waals surface area contributed by atoms with Crippen LogP contribution in [0.1, 0.15) is 33.1 Å². The van der Waals surface area contributed by atoms with Crippen LogP contribution < -0.4 is 10.1 Å². The quantitative estimate of drug-likeness (QED) is 0.800. The Kier molecular flexibility index (Phi) is 6.42. The standard InChI is InChI=1S/C18H28N2O3/c1-4-18(2,22-3)17(21)19-15-7-9-16(10-8-15)23-14-13-20-11-5-6-12-20/h7-10H,4-6,11-14H2,1-3H3,(H,19,21)/t18-/m0/s1. The second-order valence-electron chi connectivity index (χ2n) is 6.16. The van der Waals surface area contributed by atoms with Crippen LogP contribution in [0.3, 0.4) is 0 Å². The lowest BCUT2D eigenvalue weighted by molar-refractivity contribution is -0.136. The van der Waals surface area contributed by atoms with E-state index in [1.807, 2.05) is 31.2 Å². The molecule has 0 radical (unpaired) electrons. The number of carbonyl (C=O) groups excluding carboxylic acids is 1. The lowest BCUT2D eigenvalue weighted by Crippen LogP contribution is -2.41. The van der Waals surface area contributed by atoms with E-state index in [4.69, 9.17) is 9.47 Å². The molecular formula is C18H28N2O3. The molecule has 0 aromatic heterocycles. The number of amides is 1. The van der Waals surface area contributed by atoms with Crippen molar-refractivity contribution < 1.29 is 14.3 Å². The predicted molar refractivity (Wildman–Crippen MR) is 91.9 cm³/mol. The molecule has 1 fully saturated rings. The molecule has 0 aliphatic carbocycles. The average Bonchev–Trinajstić information content (AvgIpc) is 3.09. The van der Waals surface area contributed by atoms with Gasteiger partial charge in [-0.25, -0.2) is 0 Å². The third-order valence-corrected chi connectivity index (χ3v) is 4.59. The van der Waals surface area contributed by atoms with E-state index in [1.165, 1.54) is 25.9 Å². The molecule has 1 amide bonds. The highest BCUT2D eigenvalue weighted by Crippen LogP contribution is 2.20. The molecule has 23 heavy (non-hydrogen) atoms. The first-order valence-corrected chi connectivity index (χ1v) is 8.39. The Bertz CT molecular complexity index is 491. The number of rotatable bonds is 8. The van der Waals surface area contributed by atoms with Gasteiger partial charge in [-0.1, -0.05) is 6.92 Å². The first kappa shape index (κ1) is 17.8.